The van der Waals surface area contributed by atoms with E-state index in [2.05, 4.69) is 19.2 Å². The van der Waals surface area contributed by atoms with Gasteiger partial charge in [0.1, 0.15) is 11.9 Å². The minimum Gasteiger partial charge on any atom is -0.487 e. The second-order valence-electron chi connectivity index (χ2n) is 9.94. The van der Waals surface area contributed by atoms with E-state index < -0.39 is 0 Å². The van der Waals surface area contributed by atoms with Gasteiger partial charge in [-0.25, -0.2) is 4.79 Å². The van der Waals surface area contributed by atoms with Gasteiger partial charge in [-0.15, -0.1) is 0 Å². The van der Waals surface area contributed by atoms with Gasteiger partial charge >= 0.3 is 6.03 Å². The fraction of sp³-hybridized carbons (Fsp3) is 0.680. The summed E-state index contributed by atoms with van der Waals surface area (Å²) in [6.07, 6.45) is 4.97. The molecule has 2 aliphatic heterocycles. The van der Waals surface area contributed by atoms with Crippen LogP contribution in [0.1, 0.15) is 58.4 Å². The lowest BCUT2D eigenvalue weighted by Crippen LogP contribution is -2.53. The average Bonchev–Trinajstić information content (AvgIpc) is 2.76. The molecule has 1 aromatic carbocycles. The number of piperidine rings is 1. The van der Waals surface area contributed by atoms with Crippen molar-refractivity contribution in [1.29, 1.82) is 0 Å². The fourth-order valence-electron chi connectivity index (χ4n) is 5.32. The number of aryl methyl sites for hydroxylation is 1. The molecule has 1 N–H and O–H groups in total. The number of rotatable bonds is 2. The third-order valence-electron chi connectivity index (χ3n) is 7.57. The Morgan fingerprint density at radius 3 is 2.55 bits per heavy atom. The topological polar surface area (TPSA) is 61.9 Å². The number of carbonyl (C=O) groups is 2. The Morgan fingerprint density at radius 2 is 1.81 bits per heavy atom. The van der Waals surface area contributed by atoms with Crippen molar-refractivity contribution in [3.05, 3.63) is 23.8 Å². The SMILES string of the molecule is Cc1ccc2c(c1)N(C(=O)N1CCC(C(=O)N[C@@H]3CCC[C@H](C)[C@@H]3C)CC1)C[C@H](C)O2. The number of hydrogen-bond donors (Lipinski definition) is 1. The van der Waals surface area contributed by atoms with Crippen molar-refractivity contribution in [2.45, 2.75) is 71.9 Å². The molecular formula is C25H37N3O3. The molecule has 6 heteroatoms. The number of fused-ring (bicyclic) bond motifs is 1. The van der Waals surface area contributed by atoms with Crippen LogP contribution in [0.15, 0.2) is 18.2 Å². The molecule has 0 bridgehead atoms. The van der Waals surface area contributed by atoms with Crippen molar-refractivity contribution in [1.82, 2.24) is 10.2 Å². The summed E-state index contributed by atoms with van der Waals surface area (Å²) in [5.74, 6) is 2.15. The molecule has 1 saturated heterocycles. The highest BCUT2D eigenvalue weighted by molar-refractivity contribution is 5.94. The molecule has 1 saturated carbocycles. The molecule has 4 atom stereocenters. The molecule has 31 heavy (non-hydrogen) atoms. The number of amides is 3. The van der Waals surface area contributed by atoms with Gasteiger partial charge in [-0.1, -0.05) is 32.8 Å². The summed E-state index contributed by atoms with van der Waals surface area (Å²) in [7, 11) is 0. The van der Waals surface area contributed by atoms with E-state index in [1.165, 1.54) is 12.8 Å². The van der Waals surface area contributed by atoms with E-state index in [9.17, 15) is 9.59 Å². The lowest BCUT2D eigenvalue weighted by Gasteiger charge is -2.40. The highest BCUT2D eigenvalue weighted by atomic mass is 16.5. The van der Waals surface area contributed by atoms with Crippen LogP contribution in [0.4, 0.5) is 10.5 Å². The summed E-state index contributed by atoms with van der Waals surface area (Å²) in [6.45, 7) is 10.4. The Morgan fingerprint density at radius 1 is 1.06 bits per heavy atom. The molecular weight excluding hydrogens is 390 g/mol. The number of nitrogens with one attached hydrogen (secondary N) is 1. The summed E-state index contributed by atoms with van der Waals surface area (Å²) in [4.78, 5) is 30.0. The monoisotopic (exact) mass is 427 g/mol. The van der Waals surface area contributed by atoms with Crippen LogP contribution in [0.25, 0.3) is 0 Å². The van der Waals surface area contributed by atoms with Gasteiger partial charge < -0.3 is 15.0 Å². The Kier molecular flexibility index (Phi) is 6.44. The van der Waals surface area contributed by atoms with Crippen molar-refractivity contribution >= 4 is 17.6 Å². The minimum atomic E-state index is -0.0395. The normalized spacial score (nSPS) is 29.2. The molecule has 0 aromatic heterocycles. The third kappa shape index (κ3) is 4.68. The van der Waals surface area contributed by atoms with Crippen LogP contribution >= 0.6 is 0 Å². The Bertz CT molecular complexity index is 818. The quantitative estimate of drug-likeness (QED) is 0.763. The molecule has 170 valence electrons. The van der Waals surface area contributed by atoms with Crippen LogP contribution in [-0.4, -0.2) is 48.6 Å². The predicted octanol–water partition coefficient (Wildman–Crippen LogP) is 4.36. The van der Waals surface area contributed by atoms with Gasteiger partial charge in [0.2, 0.25) is 5.91 Å². The number of likely N-dealkylation sites (tertiary alicyclic amines) is 1. The van der Waals surface area contributed by atoms with Crippen molar-refractivity contribution in [2.24, 2.45) is 17.8 Å². The maximum atomic E-state index is 13.3. The molecule has 0 unspecified atom stereocenters. The van der Waals surface area contributed by atoms with Gasteiger partial charge in [-0.05, 0) is 62.6 Å². The molecule has 1 aliphatic carbocycles. The minimum absolute atomic E-state index is 0.00614. The Labute approximate surface area is 186 Å². The van der Waals surface area contributed by atoms with Gasteiger partial charge in [0.25, 0.3) is 0 Å². The second kappa shape index (κ2) is 9.09. The molecule has 2 heterocycles. The summed E-state index contributed by atoms with van der Waals surface area (Å²) < 4.78 is 5.93. The number of hydrogen-bond acceptors (Lipinski definition) is 3. The molecule has 6 nitrogen and oxygen atoms in total. The smallest absolute Gasteiger partial charge is 0.324 e. The summed E-state index contributed by atoms with van der Waals surface area (Å²) in [5.41, 5.74) is 1.96. The van der Waals surface area contributed by atoms with E-state index >= 15 is 0 Å². The Balaban J connectivity index is 1.35. The van der Waals surface area contributed by atoms with Crippen LogP contribution in [0, 0.1) is 24.7 Å². The van der Waals surface area contributed by atoms with E-state index in [1.54, 1.807) is 0 Å². The average molecular weight is 428 g/mol. The first-order valence-electron chi connectivity index (χ1n) is 12.0. The van der Waals surface area contributed by atoms with Crippen LogP contribution in [0.3, 0.4) is 0 Å². The molecule has 1 aromatic rings. The first-order chi connectivity index (χ1) is 14.8. The van der Waals surface area contributed by atoms with Gasteiger partial charge in [0.05, 0.1) is 12.2 Å². The summed E-state index contributed by atoms with van der Waals surface area (Å²) in [5, 5.41) is 3.33. The Hall–Kier alpha value is -2.24. The number of nitrogens with zero attached hydrogens (tertiary/aromatic N) is 2. The van der Waals surface area contributed by atoms with E-state index in [0.29, 0.717) is 37.5 Å². The molecule has 3 amide bonds. The first kappa shape index (κ1) is 22.0. The number of anilines is 1. The molecule has 0 spiro atoms. The van der Waals surface area contributed by atoms with Crippen LogP contribution in [0.5, 0.6) is 5.75 Å². The number of benzene rings is 1. The van der Waals surface area contributed by atoms with Crippen LogP contribution in [-0.2, 0) is 4.79 Å². The van der Waals surface area contributed by atoms with E-state index in [4.69, 9.17) is 4.74 Å². The van der Waals surface area contributed by atoms with Crippen LogP contribution < -0.4 is 15.0 Å². The second-order valence-corrected chi connectivity index (χ2v) is 9.94. The maximum Gasteiger partial charge on any atom is 0.324 e. The molecule has 4 rings (SSSR count). The third-order valence-corrected chi connectivity index (χ3v) is 7.57. The highest BCUT2D eigenvalue weighted by Crippen LogP contribution is 2.35. The number of carbonyl (C=O) groups excluding carboxylic acids is 2. The van der Waals surface area contributed by atoms with Gasteiger partial charge in [0.15, 0.2) is 0 Å². The van der Waals surface area contributed by atoms with E-state index in [0.717, 1.165) is 36.3 Å². The number of ether oxygens (including phenoxy) is 1. The molecule has 0 radical (unpaired) electrons. The molecule has 2 fully saturated rings. The van der Waals surface area contributed by atoms with Gasteiger partial charge in [-0.3, -0.25) is 9.69 Å². The number of urea groups is 1. The highest BCUT2D eigenvalue weighted by Gasteiger charge is 2.35. The summed E-state index contributed by atoms with van der Waals surface area (Å²) >= 11 is 0. The van der Waals surface area contributed by atoms with Gasteiger partial charge in [0, 0.05) is 25.0 Å². The standard InChI is InChI=1S/C25H37N3O3/c1-16-8-9-23-22(14-16)28(15-18(3)31-23)25(30)27-12-10-20(11-13-27)24(29)26-21-7-5-6-17(2)19(21)4/h8-9,14,17-21H,5-7,10-13,15H2,1-4H3,(H,26,29)/t17-,18-,19-,21+/m0/s1. The van der Waals surface area contributed by atoms with Crippen molar-refractivity contribution in [3.8, 4) is 5.75 Å². The maximum absolute atomic E-state index is 13.3. The fourth-order valence-corrected chi connectivity index (χ4v) is 5.32. The first-order valence-corrected chi connectivity index (χ1v) is 12.0. The zero-order valence-corrected chi connectivity index (χ0v) is 19.4. The largest absolute Gasteiger partial charge is 0.487 e. The van der Waals surface area contributed by atoms with Crippen LogP contribution in [0.2, 0.25) is 0 Å². The summed E-state index contributed by atoms with van der Waals surface area (Å²) in [6, 6.07) is 6.30. The molecule has 3 aliphatic rings. The predicted molar refractivity (Wildman–Crippen MR) is 122 cm³/mol. The zero-order chi connectivity index (χ0) is 22.1. The van der Waals surface area contributed by atoms with Crippen molar-refractivity contribution in [2.75, 3.05) is 24.5 Å². The van der Waals surface area contributed by atoms with Crippen molar-refractivity contribution < 1.29 is 14.3 Å². The lowest BCUT2D eigenvalue weighted by molar-refractivity contribution is -0.127. The van der Waals surface area contributed by atoms with Gasteiger partial charge in [-0.2, -0.15) is 0 Å². The van der Waals surface area contributed by atoms with E-state index in [1.807, 2.05) is 41.8 Å². The van der Waals surface area contributed by atoms with Crippen molar-refractivity contribution in [3.63, 3.8) is 0 Å². The van der Waals surface area contributed by atoms with E-state index in [-0.39, 0.29) is 24.0 Å². The zero-order valence-electron chi connectivity index (χ0n) is 19.4. The lowest BCUT2D eigenvalue weighted by atomic mass is 9.78.